The van der Waals surface area contributed by atoms with Gasteiger partial charge in [0.15, 0.2) is 0 Å². The molecule has 2 amide bonds. The van der Waals surface area contributed by atoms with Crippen molar-refractivity contribution >= 4 is 12.0 Å². The summed E-state index contributed by atoms with van der Waals surface area (Å²) in [5.41, 5.74) is 1.76. The zero-order chi connectivity index (χ0) is 21.0. The largest absolute Gasteiger partial charge is 0.508 e. The molecule has 1 unspecified atom stereocenters. The molecule has 29 heavy (non-hydrogen) atoms. The minimum absolute atomic E-state index is 0.0241. The number of phenols is 1. The number of phenolic OH excluding ortho intramolecular Hbond substituents is 1. The quantitative estimate of drug-likeness (QED) is 0.798. The summed E-state index contributed by atoms with van der Waals surface area (Å²) in [5, 5.41) is 12.6. The van der Waals surface area contributed by atoms with Gasteiger partial charge in [0, 0.05) is 25.6 Å². The number of hydrogen-bond donors (Lipinski definition) is 2. The zero-order valence-electron chi connectivity index (χ0n) is 17.8. The monoisotopic (exact) mass is 402 g/mol. The molecular weight excluding hydrogens is 368 g/mol. The average Bonchev–Trinajstić information content (AvgIpc) is 2.68. The van der Waals surface area contributed by atoms with Crippen LogP contribution in [-0.4, -0.2) is 41.2 Å². The van der Waals surface area contributed by atoms with E-state index in [0.29, 0.717) is 44.3 Å². The summed E-state index contributed by atoms with van der Waals surface area (Å²) < 4.78 is 5.76. The average molecular weight is 403 g/mol. The number of ether oxygens (including phenoxy) is 1. The Balaban J connectivity index is 1.41. The first kappa shape index (κ1) is 21.5. The van der Waals surface area contributed by atoms with Crippen LogP contribution >= 0.6 is 0 Å². The minimum atomic E-state index is -0.227. The van der Waals surface area contributed by atoms with Crippen LogP contribution in [0.1, 0.15) is 57.1 Å². The molecule has 0 radical (unpaired) electrons. The van der Waals surface area contributed by atoms with Gasteiger partial charge in [0.25, 0.3) is 0 Å². The second kappa shape index (κ2) is 9.51. The Hall–Kier alpha value is -2.24. The first-order chi connectivity index (χ1) is 13.8. The van der Waals surface area contributed by atoms with Gasteiger partial charge in [-0.15, -0.1) is 0 Å². The van der Waals surface area contributed by atoms with Gasteiger partial charge in [-0.25, -0.2) is 4.79 Å². The van der Waals surface area contributed by atoms with Crippen molar-refractivity contribution < 1.29 is 19.4 Å². The van der Waals surface area contributed by atoms with E-state index in [-0.39, 0.29) is 29.8 Å². The molecule has 1 saturated carbocycles. The van der Waals surface area contributed by atoms with Crippen molar-refractivity contribution in [3.05, 3.63) is 29.3 Å². The standard InChI is InChI=1S/C23H34N2O4/c1-15-10-16(2)12-20(11-15)29-23(28)25-8-6-19(7-9-25)22(27)24-14-18-4-5-21(26)17(3)13-18/h4-5,13,15-16,19-20,26H,6-12,14H2,1-3H3,(H,24,27)/t15-,16+,20?. The highest BCUT2D eigenvalue weighted by Gasteiger charge is 2.31. The maximum atomic E-state index is 12.5. The molecule has 1 heterocycles. The third kappa shape index (κ3) is 5.87. The van der Waals surface area contributed by atoms with Gasteiger partial charge in [-0.05, 0) is 68.1 Å². The maximum absolute atomic E-state index is 12.5. The summed E-state index contributed by atoms with van der Waals surface area (Å²) in [6.07, 6.45) is 4.22. The number of rotatable bonds is 4. The van der Waals surface area contributed by atoms with Crippen LogP contribution in [0.15, 0.2) is 18.2 Å². The lowest BCUT2D eigenvalue weighted by Gasteiger charge is -2.35. The van der Waals surface area contributed by atoms with Crippen LogP contribution in [0.2, 0.25) is 0 Å². The number of hydrogen-bond acceptors (Lipinski definition) is 4. The fourth-order valence-electron chi connectivity index (χ4n) is 4.67. The molecule has 2 aliphatic rings. The third-order valence-corrected chi connectivity index (χ3v) is 6.25. The number of aromatic hydroxyl groups is 1. The number of piperidine rings is 1. The van der Waals surface area contributed by atoms with Crippen LogP contribution in [0, 0.1) is 24.7 Å². The van der Waals surface area contributed by atoms with Crippen molar-refractivity contribution in [1.82, 2.24) is 10.2 Å². The van der Waals surface area contributed by atoms with Crippen molar-refractivity contribution in [3.63, 3.8) is 0 Å². The Labute approximate surface area is 173 Å². The summed E-state index contributed by atoms with van der Waals surface area (Å²) in [7, 11) is 0. The Morgan fingerprint density at radius 3 is 2.41 bits per heavy atom. The van der Waals surface area contributed by atoms with Gasteiger partial charge in [0.05, 0.1) is 0 Å². The highest BCUT2D eigenvalue weighted by molar-refractivity contribution is 5.79. The molecule has 1 aliphatic carbocycles. The van der Waals surface area contributed by atoms with Crippen LogP contribution in [0.5, 0.6) is 5.75 Å². The molecule has 1 aromatic carbocycles. The van der Waals surface area contributed by atoms with Crippen molar-refractivity contribution in [2.24, 2.45) is 17.8 Å². The summed E-state index contributed by atoms with van der Waals surface area (Å²) in [5.74, 6) is 1.41. The Bertz CT molecular complexity index is 718. The highest BCUT2D eigenvalue weighted by Crippen LogP contribution is 2.31. The SMILES string of the molecule is Cc1cc(CNC(=O)C2CCN(C(=O)OC3C[C@@H](C)C[C@@H](C)C3)CC2)ccc1O. The van der Waals surface area contributed by atoms with Crippen molar-refractivity contribution in [3.8, 4) is 5.75 Å². The first-order valence-corrected chi connectivity index (χ1v) is 10.8. The molecule has 2 fully saturated rings. The van der Waals surface area contributed by atoms with E-state index < -0.39 is 0 Å². The van der Waals surface area contributed by atoms with Gasteiger partial charge in [0.1, 0.15) is 11.9 Å². The summed E-state index contributed by atoms with van der Waals surface area (Å²) in [4.78, 5) is 26.7. The number of carbonyl (C=O) groups is 2. The molecule has 1 aromatic rings. The lowest BCUT2D eigenvalue weighted by atomic mass is 9.82. The maximum Gasteiger partial charge on any atom is 0.410 e. The van der Waals surface area contributed by atoms with Crippen LogP contribution in [0.4, 0.5) is 4.79 Å². The smallest absolute Gasteiger partial charge is 0.410 e. The zero-order valence-corrected chi connectivity index (χ0v) is 17.8. The third-order valence-electron chi connectivity index (χ3n) is 6.25. The van der Waals surface area contributed by atoms with E-state index in [2.05, 4.69) is 19.2 Å². The van der Waals surface area contributed by atoms with Crippen LogP contribution < -0.4 is 5.32 Å². The van der Waals surface area contributed by atoms with E-state index in [0.717, 1.165) is 24.0 Å². The molecule has 1 saturated heterocycles. The lowest BCUT2D eigenvalue weighted by Crippen LogP contribution is -2.44. The number of carbonyl (C=O) groups excluding carboxylic acids is 2. The van der Waals surface area contributed by atoms with Crippen molar-refractivity contribution in [2.45, 2.75) is 65.5 Å². The van der Waals surface area contributed by atoms with Gasteiger partial charge in [-0.1, -0.05) is 26.0 Å². The van der Waals surface area contributed by atoms with E-state index in [9.17, 15) is 14.7 Å². The van der Waals surface area contributed by atoms with E-state index in [1.165, 1.54) is 6.42 Å². The number of benzene rings is 1. The number of nitrogens with one attached hydrogen (secondary N) is 1. The van der Waals surface area contributed by atoms with Crippen molar-refractivity contribution in [1.29, 1.82) is 0 Å². The van der Waals surface area contributed by atoms with Gasteiger partial charge in [-0.2, -0.15) is 0 Å². The molecule has 0 aromatic heterocycles. The molecule has 3 atom stereocenters. The second-order valence-corrected chi connectivity index (χ2v) is 9.02. The normalized spacial score (nSPS) is 25.5. The molecule has 160 valence electrons. The van der Waals surface area contributed by atoms with E-state index in [4.69, 9.17) is 4.74 Å². The van der Waals surface area contributed by atoms with Crippen molar-refractivity contribution in [2.75, 3.05) is 13.1 Å². The number of likely N-dealkylation sites (tertiary alicyclic amines) is 1. The summed E-state index contributed by atoms with van der Waals surface area (Å²) in [6.45, 7) is 7.85. The van der Waals surface area contributed by atoms with Gasteiger partial charge in [0.2, 0.25) is 5.91 Å². The number of nitrogens with zero attached hydrogens (tertiary/aromatic N) is 1. The topological polar surface area (TPSA) is 78.9 Å². The molecule has 6 heteroatoms. The van der Waals surface area contributed by atoms with E-state index in [1.54, 1.807) is 11.0 Å². The van der Waals surface area contributed by atoms with Gasteiger partial charge in [-0.3, -0.25) is 4.79 Å². The second-order valence-electron chi connectivity index (χ2n) is 9.02. The Morgan fingerprint density at radius 1 is 1.14 bits per heavy atom. The van der Waals surface area contributed by atoms with E-state index >= 15 is 0 Å². The van der Waals surface area contributed by atoms with Gasteiger partial charge < -0.3 is 20.1 Å². The predicted octanol–water partition coefficient (Wildman–Crippen LogP) is 3.99. The van der Waals surface area contributed by atoms with E-state index in [1.807, 2.05) is 19.1 Å². The Morgan fingerprint density at radius 2 is 1.79 bits per heavy atom. The summed E-state index contributed by atoms with van der Waals surface area (Å²) >= 11 is 0. The number of aryl methyl sites for hydroxylation is 1. The van der Waals surface area contributed by atoms with Gasteiger partial charge >= 0.3 is 6.09 Å². The fraction of sp³-hybridized carbons (Fsp3) is 0.652. The van der Waals surface area contributed by atoms with Crippen LogP contribution in [-0.2, 0) is 16.1 Å². The molecule has 6 nitrogen and oxygen atoms in total. The molecule has 3 rings (SSSR count). The molecule has 2 N–H and O–H groups in total. The molecular formula is C23H34N2O4. The highest BCUT2D eigenvalue weighted by atomic mass is 16.6. The van der Waals surface area contributed by atoms with Crippen LogP contribution in [0.25, 0.3) is 0 Å². The Kier molecular flexibility index (Phi) is 7.04. The van der Waals surface area contributed by atoms with Crippen LogP contribution in [0.3, 0.4) is 0 Å². The first-order valence-electron chi connectivity index (χ1n) is 10.8. The predicted molar refractivity (Wildman–Crippen MR) is 111 cm³/mol. The lowest BCUT2D eigenvalue weighted by molar-refractivity contribution is -0.126. The number of amides is 2. The molecule has 0 spiro atoms. The minimum Gasteiger partial charge on any atom is -0.508 e. The molecule has 0 bridgehead atoms. The summed E-state index contributed by atoms with van der Waals surface area (Å²) in [6, 6.07) is 5.34. The fourth-order valence-corrected chi connectivity index (χ4v) is 4.67. The molecule has 1 aliphatic heterocycles.